The number of carbonyl (C=O) groups is 2. The van der Waals surface area contributed by atoms with E-state index in [-0.39, 0.29) is 11.8 Å². The maximum absolute atomic E-state index is 13.0. The van der Waals surface area contributed by atoms with E-state index in [0.29, 0.717) is 46.5 Å². The summed E-state index contributed by atoms with van der Waals surface area (Å²) in [6.45, 7) is 4.50. The fourth-order valence-corrected chi connectivity index (χ4v) is 4.32. The van der Waals surface area contributed by atoms with Crippen molar-refractivity contribution in [3.05, 3.63) is 83.2 Å². The van der Waals surface area contributed by atoms with Gasteiger partial charge < -0.3 is 20.1 Å². The summed E-state index contributed by atoms with van der Waals surface area (Å²) in [7, 11) is 0. The molecule has 33 heavy (non-hydrogen) atoms. The fraction of sp³-hybridized carbons (Fsp3) is 0.154. The number of ether oxygens (including phenoxy) is 2. The topological polar surface area (TPSA) is 76.7 Å². The predicted molar refractivity (Wildman–Crippen MR) is 133 cm³/mol. The molecule has 0 spiro atoms. The van der Waals surface area contributed by atoms with E-state index in [1.54, 1.807) is 36.4 Å². The fourth-order valence-electron chi connectivity index (χ4n) is 3.37. The first kappa shape index (κ1) is 22.4. The summed E-state index contributed by atoms with van der Waals surface area (Å²) in [4.78, 5) is 26.3. The van der Waals surface area contributed by atoms with Gasteiger partial charge in [0.25, 0.3) is 11.8 Å². The summed E-state index contributed by atoms with van der Waals surface area (Å²) in [5.41, 5.74) is 1.47. The Kier molecular flexibility index (Phi) is 6.90. The number of amides is 2. The predicted octanol–water partition coefficient (Wildman–Crippen LogP) is 6.20. The average Bonchev–Trinajstić information content (AvgIpc) is 3.27. The van der Waals surface area contributed by atoms with Gasteiger partial charge in [-0.1, -0.05) is 36.4 Å². The molecule has 0 atom stereocenters. The van der Waals surface area contributed by atoms with Gasteiger partial charge in [0.05, 0.1) is 29.5 Å². The van der Waals surface area contributed by atoms with E-state index in [0.717, 1.165) is 10.1 Å². The number of benzene rings is 3. The first-order valence-electron chi connectivity index (χ1n) is 10.7. The van der Waals surface area contributed by atoms with Gasteiger partial charge in [0.15, 0.2) is 0 Å². The van der Waals surface area contributed by atoms with Gasteiger partial charge in [-0.3, -0.25) is 9.59 Å². The number of hydrogen-bond donors (Lipinski definition) is 2. The highest BCUT2D eigenvalue weighted by atomic mass is 32.1. The second-order valence-corrected chi connectivity index (χ2v) is 8.22. The molecule has 3 aromatic carbocycles. The Morgan fingerprint density at radius 1 is 0.758 bits per heavy atom. The summed E-state index contributed by atoms with van der Waals surface area (Å²) in [5, 5.41) is 6.84. The van der Waals surface area contributed by atoms with Crippen molar-refractivity contribution < 1.29 is 19.1 Å². The standard InChI is InChI=1S/C26H24N2O4S/c1-3-31-21-16-20(28-26(30)24-14-18-12-8-9-13-23(18)33-24)22(32-4-2)15-19(21)27-25(29)17-10-6-5-7-11-17/h5-16H,3-4H2,1-2H3,(H,27,29)(H,28,30). The molecule has 168 valence electrons. The Bertz CT molecular complexity index is 1250. The van der Waals surface area contributed by atoms with Crippen LogP contribution in [0.3, 0.4) is 0 Å². The van der Waals surface area contributed by atoms with Crippen molar-refractivity contribution >= 4 is 44.6 Å². The van der Waals surface area contributed by atoms with Gasteiger partial charge in [-0.25, -0.2) is 0 Å². The minimum atomic E-state index is -0.263. The molecule has 2 amide bonds. The van der Waals surface area contributed by atoms with Crippen molar-refractivity contribution in [1.82, 2.24) is 0 Å². The van der Waals surface area contributed by atoms with Crippen molar-refractivity contribution in [2.45, 2.75) is 13.8 Å². The molecule has 1 aromatic heterocycles. The van der Waals surface area contributed by atoms with Crippen LogP contribution >= 0.6 is 11.3 Å². The monoisotopic (exact) mass is 460 g/mol. The van der Waals surface area contributed by atoms with E-state index < -0.39 is 0 Å². The van der Waals surface area contributed by atoms with Crippen LogP contribution in [-0.2, 0) is 0 Å². The number of fused-ring (bicyclic) bond motifs is 1. The van der Waals surface area contributed by atoms with Gasteiger partial charge in [0, 0.05) is 22.4 Å². The minimum Gasteiger partial charge on any atom is -0.492 e. The number of thiophene rings is 1. The first-order chi connectivity index (χ1) is 16.1. The largest absolute Gasteiger partial charge is 0.492 e. The molecular formula is C26H24N2O4S. The smallest absolute Gasteiger partial charge is 0.265 e. The molecule has 0 saturated heterocycles. The third kappa shape index (κ3) is 5.15. The van der Waals surface area contributed by atoms with E-state index >= 15 is 0 Å². The normalized spacial score (nSPS) is 10.6. The highest BCUT2D eigenvalue weighted by molar-refractivity contribution is 7.20. The van der Waals surface area contributed by atoms with E-state index in [1.165, 1.54) is 11.3 Å². The van der Waals surface area contributed by atoms with Crippen molar-refractivity contribution in [2.75, 3.05) is 23.8 Å². The van der Waals surface area contributed by atoms with Crippen LogP contribution in [0.1, 0.15) is 33.9 Å². The second kappa shape index (κ2) is 10.2. The maximum Gasteiger partial charge on any atom is 0.265 e. The first-order valence-corrected chi connectivity index (χ1v) is 11.5. The Hall–Kier alpha value is -3.84. The van der Waals surface area contributed by atoms with Crippen LogP contribution in [0.4, 0.5) is 11.4 Å². The minimum absolute atomic E-state index is 0.235. The molecule has 6 nitrogen and oxygen atoms in total. The lowest BCUT2D eigenvalue weighted by Crippen LogP contribution is -2.15. The van der Waals surface area contributed by atoms with Gasteiger partial charge in [0.2, 0.25) is 0 Å². The third-order valence-electron chi connectivity index (χ3n) is 4.86. The molecule has 0 aliphatic heterocycles. The molecule has 0 fully saturated rings. The highest BCUT2D eigenvalue weighted by Gasteiger charge is 2.18. The zero-order valence-electron chi connectivity index (χ0n) is 18.4. The number of carbonyl (C=O) groups excluding carboxylic acids is 2. The molecule has 2 N–H and O–H groups in total. The van der Waals surface area contributed by atoms with Crippen LogP contribution in [-0.4, -0.2) is 25.0 Å². The zero-order valence-corrected chi connectivity index (χ0v) is 19.2. The molecule has 0 aliphatic carbocycles. The van der Waals surface area contributed by atoms with Crippen LogP contribution in [0.2, 0.25) is 0 Å². The van der Waals surface area contributed by atoms with E-state index in [4.69, 9.17) is 9.47 Å². The van der Waals surface area contributed by atoms with Crippen LogP contribution in [0.25, 0.3) is 10.1 Å². The van der Waals surface area contributed by atoms with Crippen molar-refractivity contribution in [3.63, 3.8) is 0 Å². The van der Waals surface area contributed by atoms with E-state index in [2.05, 4.69) is 10.6 Å². The van der Waals surface area contributed by atoms with E-state index in [1.807, 2.05) is 50.2 Å². The quantitative estimate of drug-likeness (QED) is 0.328. The number of rotatable bonds is 8. The van der Waals surface area contributed by atoms with Crippen LogP contribution < -0.4 is 20.1 Å². The van der Waals surface area contributed by atoms with Gasteiger partial charge in [-0.15, -0.1) is 11.3 Å². The summed E-state index contributed by atoms with van der Waals surface area (Å²) < 4.78 is 12.6. The highest BCUT2D eigenvalue weighted by Crippen LogP contribution is 2.38. The van der Waals surface area contributed by atoms with Crippen LogP contribution in [0, 0.1) is 0 Å². The molecule has 0 unspecified atom stereocenters. The summed E-state index contributed by atoms with van der Waals surface area (Å²) in [6.07, 6.45) is 0. The van der Waals surface area contributed by atoms with Crippen LogP contribution in [0.5, 0.6) is 11.5 Å². The molecule has 7 heteroatoms. The molecule has 1 heterocycles. The Balaban J connectivity index is 1.64. The Morgan fingerprint density at radius 3 is 1.94 bits per heavy atom. The molecular weight excluding hydrogens is 436 g/mol. The molecule has 4 rings (SSSR count). The summed E-state index contributed by atoms with van der Waals surface area (Å²) in [5.74, 6) is 0.386. The van der Waals surface area contributed by atoms with Gasteiger partial charge >= 0.3 is 0 Å². The van der Waals surface area contributed by atoms with Gasteiger partial charge in [0.1, 0.15) is 11.5 Å². The molecule has 4 aromatic rings. The summed E-state index contributed by atoms with van der Waals surface area (Å²) in [6, 6.07) is 22.0. The molecule has 0 bridgehead atoms. The van der Waals surface area contributed by atoms with Crippen LogP contribution in [0.15, 0.2) is 72.8 Å². The second-order valence-electron chi connectivity index (χ2n) is 7.13. The average molecular weight is 461 g/mol. The Morgan fingerprint density at radius 2 is 1.33 bits per heavy atom. The molecule has 0 aliphatic rings. The lowest BCUT2D eigenvalue weighted by Gasteiger charge is -2.17. The number of hydrogen-bond acceptors (Lipinski definition) is 5. The lowest BCUT2D eigenvalue weighted by molar-refractivity contribution is 0.101. The number of anilines is 2. The third-order valence-corrected chi connectivity index (χ3v) is 5.98. The number of nitrogens with one attached hydrogen (secondary N) is 2. The van der Waals surface area contributed by atoms with E-state index in [9.17, 15) is 9.59 Å². The SMILES string of the molecule is CCOc1cc(NC(=O)c2cc3ccccc3s2)c(OCC)cc1NC(=O)c1ccccc1. The van der Waals surface area contributed by atoms with Crippen molar-refractivity contribution in [1.29, 1.82) is 0 Å². The molecule has 0 radical (unpaired) electrons. The Labute approximate surface area is 196 Å². The lowest BCUT2D eigenvalue weighted by atomic mass is 10.2. The van der Waals surface area contributed by atoms with Crippen molar-refractivity contribution in [3.8, 4) is 11.5 Å². The van der Waals surface area contributed by atoms with Gasteiger partial charge in [-0.2, -0.15) is 0 Å². The van der Waals surface area contributed by atoms with Crippen molar-refractivity contribution in [2.24, 2.45) is 0 Å². The maximum atomic E-state index is 13.0. The zero-order chi connectivity index (χ0) is 23.2. The van der Waals surface area contributed by atoms with Gasteiger partial charge in [-0.05, 0) is 43.5 Å². The summed E-state index contributed by atoms with van der Waals surface area (Å²) >= 11 is 1.43. The molecule has 0 saturated carbocycles.